The molecule has 1 saturated heterocycles. The Balaban J connectivity index is 1.29. The van der Waals surface area contributed by atoms with Crippen molar-refractivity contribution in [1.29, 1.82) is 0 Å². The molecule has 2 aromatic carbocycles. The van der Waals surface area contributed by atoms with Crippen LogP contribution >= 0.6 is 0 Å². The van der Waals surface area contributed by atoms with Gasteiger partial charge in [-0.2, -0.15) is 10.1 Å². The molecule has 0 radical (unpaired) electrons. The maximum atomic E-state index is 14.5. The summed E-state index contributed by atoms with van der Waals surface area (Å²) in [6, 6.07) is 15.8. The number of aliphatic hydroxyl groups excluding tert-OH is 1. The SMILES string of the molecule is CCCc1c(Cc2ccc(-c3ccccc3)c(-c3noc(=O)[nH]3)c2)c(=O)n(C2CCC3(CCC(CO)O3)CC2)c2ncnn12. The van der Waals surface area contributed by atoms with Crippen LogP contribution < -0.4 is 11.3 Å². The summed E-state index contributed by atoms with van der Waals surface area (Å²) < 4.78 is 14.8. The Kier molecular flexibility index (Phi) is 7.51. The molecule has 44 heavy (non-hydrogen) atoms. The quantitative estimate of drug-likeness (QED) is 0.267. The van der Waals surface area contributed by atoms with Gasteiger partial charge in [0.25, 0.3) is 5.56 Å². The Morgan fingerprint density at radius 2 is 1.84 bits per heavy atom. The summed E-state index contributed by atoms with van der Waals surface area (Å²) >= 11 is 0. The van der Waals surface area contributed by atoms with E-state index in [-0.39, 0.29) is 29.9 Å². The summed E-state index contributed by atoms with van der Waals surface area (Å²) in [5.41, 5.74) is 4.79. The lowest BCUT2D eigenvalue weighted by molar-refractivity contribution is -0.0833. The van der Waals surface area contributed by atoms with Crippen LogP contribution in [0.25, 0.3) is 28.3 Å². The van der Waals surface area contributed by atoms with Crippen molar-refractivity contribution in [2.45, 2.75) is 82.5 Å². The van der Waals surface area contributed by atoms with Crippen LogP contribution in [0.3, 0.4) is 0 Å². The molecule has 11 nitrogen and oxygen atoms in total. The number of hydrogen-bond donors (Lipinski definition) is 2. The van der Waals surface area contributed by atoms with E-state index in [1.54, 1.807) is 0 Å². The number of aliphatic hydroxyl groups is 1. The molecule has 1 spiro atoms. The van der Waals surface area contributed by atoms with Gasteiger partial charge in [-0.1, -0.05) is 61.0 Å². The normalized spacial score (nSPS) is 21.9. The van der Waals surface area contributed by atoms with Crippen LogP contribution in [0.5, 0.6) is 0 Å². The molecule has 11 heteroatoms. The number of benzene rings is 2. The van der Waals surface area contributed by atoms with E-state index in [1.165, 1.54) is 6.33 Å². The smallest absolute Gasteiger partial charge is 0.394 e. The zero-order valence-corrected chi connectivity index (χ0v) is 24.7. The zero-order chi connectivity index (χ0) is 30.3. The first kappa shape index (κ1) is 28.4. The summed E-state index contributed by atoms with van der Waals surface area (Å²) in [6.45, 7) is 2.14. The zero-order valence-electron chi connectivity index (χ0n) is 24.7. The van der Waals surface area contributed by atoms with Crippen LogP contribution in [-0.4, -0.2) is 52.7 Å². The lowest BCUT2D eigenvalue weighted by atomic mass is 9.80. The molecule has 4 heterocycles. The first-order chi connectivity index (χ1) is 21.5. The maximum absolute atomic E-state index is 14.5. The number of fused-ring (bicyclic) bond motifs is 1. The van der Waals surface area contributed by atoms with Crippen LogP contribution in [0, 0.1) is 0 Å². The van der Waals surface area contributed by atoms with Crippen LogP contribution in [-0.2, 0) is 17.6 Å². The number of rotatable bonds is 8. The van der Waals surface area contributed by atoms with Crippen molar-refractivity contribution < 1.29 is 14.4 Å². The summed E-state index contributed by atoms with van der Waals surface area (Å²) in [5, 5.41) is 18.2. The number of hydrogen-bond acceptors (Lipinski definition) is 8. The number of nitrogens with zero attached hydrogens (tertiary/aromatic N) is 5. The Morgan fingerprint density at radius 3 is 2.55 bits per heavy atom. The predicted octanol–water partition coefficient (Wildman–Crippen LogP) is 4.47. The predicted molar refractivity (Wildman–Crippen MR) is 163 cm³/mol. The second kappa shape index (κ2) is 11.6. The molecule has 1 aliphatic carbocycles. The number of aryl methyl sites for hydroxylation is 1. The summed E-state index contributed by atoms with van der Waals surface area (Å²) in [6.07, 6.45) is 8.43. The van der Waals surface area contributed by atoms with Crippen molar-refractivity contribution in [2.75, 3.05) is 6.61 Å². The largest absolute Gasteiger partial charge is 0.439 e. The number of nitrogens with one attached hydrogen (secondary N) is 1. The van der Waals surface area contributed by atoms with E-state index in [9.17, 15) is 14.7 Å². The second-order valence-electron chi connectivity index (χ2n) is 12.1. The summed E-state index contributed by atoms with van der Waals surface area (Å²) in [5.74, 6) is 0.282. The van der Waals surface area contributed by atoms with Gasteiger partial charge in [-0.25, -0.2) is 9.31 Å². The number of H-pyrrole nitrogens is 1. The monoisotopic (exact) mass is 596 g/mol. The highest BCUT2D eigenvalue weighted by atomic mass is 16.5. The van der Waals surface area contributed by atoms with Gasteiger partial charge >= 0.3 is 5.76 Å². The fourth-order valence-corrected chi connectivity index (χ4v) is 7.17. The highest BCUT2D eigenvalue weighted by Gasteiger charge is 2.43. The molecule has 3 aromatic heterocycles. The Labute approximate surface area is 253 Å². The molecular formula is C33H36N6O5. The number of ether oxygens (including phenoxy) is 1. The highest BCUT2D eigenvalue weighted by molar-refractivity contribution is 5.81. The van der Waals surface area contributed by atoms with Crippen molar-refractivity contribution in [3.05, 3.63) is 92.6 Å². The van der Waals surface area contributed by atoms with Crippen molar-refractivity contribution in [3.8, 4) is 22.5 Å². The Morgan fingerprint density at radius 1 is 1.05 bits per heavy atom. The standard InChI is InChI=1S/C33H36N6O5/c1-2-6-28-27(18-21-9-10-25(22-7-4-3-5-8-22)26(17-21)29-36-32(42)44-37-29)30(41)38(31-34-20-35-39(28)31)23-11-14-33(15-12-23)16-13-24(19-40)43-33/h3-5,7-10,17,20,23-24,40H,2,6,11-16,18-19H2,1H3,(H,36,37,42). The highest BCUT2D eigenvalue weighted by Crippen LogP contribution is 2.45. The third kappa shape index (κ3) is 5.09. The van der Waals surface area contributed by atoms with Gasteiger partial charge in [0.05, 0.1) is 24.0 Å². The van der Waals surface area contributed by atoms with E-state index in [4.69, 9.17) is 9.26 Å². The van der Waals surface area contributed by atoms with Crippen LogP contribution in [0.15, 0.2) is 69.0 Å². The minimum absolute atomic E-state index is 0.0257. The molecule has 1 aliphatic heterocycles. The molecule has 0 amide bonds. The second-order valence-corrected chi connectivity index (χ2v) is 12.1. The van der Waals surface area contributed by atoms with Gasteiger partial charge in [-0.05, 0) is 67.7 Å². The Hall–Kier alpha value is -4.35. The van der Waals surface area contributed by atoms with E-state index in [1.807, 2.05) is 57.6 Å². The lowest BCUT2D eigenvalue weighted by Gasteiger charge is -2.37. The van der Waals surface area contributed by atoms with E-state index in [2.05, 4.69) is 27.1 Å². The first-order valence-corrected chi connectivity index (χ1v) is 15.5. The molecule has 5 aromatic rings. The molecule has 2 fully saturated rings. The van der Waals surface area contributed by atoms with Gasteiger partial charge in [-0.3, -0.25) is 18.9 Å². The van der Waals surface area contributed by atoms with Gasteiger partial charge in [0.2, 0.25) is 5.78 Å². The summed E-state index contributed by atoms with van der Waals surface area (Å²) in [4.78, 5) is 33.6. The van der Waals surface area contributed by atoms with Gasteiger partial charge in [0, 0.05) is 23.6 Å². The topological polar surface area (TPSA) is 141 Å². The molecule has 2 aliphatic rings. The van der Waals surface area contributed by atoms with Gasteiger partial charge < -0.3 is 9.84 Å². The van der Waals surface area contributed by atoms with Crippen LogP contribution in [0.2, 0.25) is 0 Å². The third-order valence-corrected chi connectivity index (χ3v) is 9.33. The average Bonchev–Trinajstić information content (AvgIpc) is 3.81. The minimum Gasteiger partial charge on any atom is -0.394 e. The number of aromatic nitrogens is 6. The Bertz CT molecular complexity index is 1900. The molecule has 2 N–H and O–H groups in total. The molecule has 1 unspecified atom stereocenters. The van der Waals surface area contributed by atoms with Gasteiger partial charge in [0.1, 0.15) is 6.33 Å². The van der Waals surface area contributed by atoms with Gasteiger partial charge in [0.15, 0.2) is 5.82 Å². The van der Waals surface area contributed by atoms with Crippen LogP contribution in [0.4, 0.5) is 0 Å². The van der Waals surface area contributed by atoms with Crippen LogP contribution in [0.1, 0.15) is 74.7 Å². The van der Waals surface area contributed by atoms with Gasteiger partial charge in [-0.15, -0.1) is 0 Å². The molecule has 1 saturated carbocycles. The van der Waals surface area contributed by atoms with E-state index in [0.717, 1.165) is 67.3 Å². The molecule has 7 rings (SSSR count). The van der Waals surface area contributed by atoms with Crippen molar-refractivity contribution >= 4 is 5.78 Å². The van der Waals surface area contributed by atoms with Crippen molar-refractivity contribution in [2.24, 2.45) is 0 Å². The summed E-state index contributed by atoms with van der Waals surface area (Å²) in [7, 11) is 0. The third-order valence-electron chi connectivity index (χ3n) is 9.33. The van der Waals surface area contributed by atoms with E-state index >= 15 is 0 Å². The number of aromatic amines is 1. The average molecular weight is 597 g/mol. The fraction of sp³-hybridized carbons (Fsp3) is 0.424. The van der Waals surface area contributed by atoms with Crippen molar-refractivity contribution in [1.82, 2.24) is 29.3 Å². The van der Waals surface area contributed by atoms with E-state index < -0.39 is 5.76 Å². The maximum Gasteiger partial charge on any atom is 0.439 e. The van der Waals surface area contributed by atoms with E-state index in [0.29, 0.717) is 35.6 Å². The van der Waals surface area contributed by atoms with Crippen molar-refractivity contribution in [3.63, 3.8) is 0 Å². The molecule has 0 bridgehead atoms. The fourth-order valence-electron chi connectivity index (χ4n) is 7.17. The first-order valence-electron chi connectivity index (χ1n) is 15.5. The lowest BCUT2D eigenvalue weighted by Crippen LogP contribution is -2.39. The minimum atomic E-state index is -0.627. The molecule has 228 valence electrons. The molecule has 1 atom stereocenters. The molecular weight excluding hydrogens is 560 g/mol.